The van der Waals surface area contributed by atoms with Gasteiger partial charge >= 0.3 is 0 Å². The van der Waals surface area contributed by atoms with Crippen LogP contribution >= 0.6 is 0 Å². The predicted molar refractivity (Wildman–Crippen MR) is 116 cm³/mol. The number of fused-ring (bicyclic) bond motifs is 2. The van der Waals surface area contributed by atoms with E-state index in [4.69, 9.17) is 0 Å². The molecule has 0 spiro atoms. The number of hydrogen-bond acceptors (Lipinski definition) is 7. The summed E-state index contributed by atoms with van der Waals surface area (Å²) >= 11 is 0. The number of aromatic nitrogens is 3. The molecule has 3 aliphatic rings. The molecule has 0 bridgehead atoms. The van der Waals surface area contributed by atoms with Crippen LogP contribution in [0.4, 0.5) is 0 Å². The molecule has 8 heteroatoms. The highest BCUT2D eigenvalue weighted by Crippen LogP contribution is 2.25. The van der Waals surface area contributed by atoms with Crippen LogP contribution < -0.4 is 0 Å². The molecule has 2 fully saturated rings. The molecule has 2 aliphatic heterocycles. The fraction of sp³-hybridized carbons (Fsp3) is 0.565. The van der Waals surface area contributed by atoms with Crippen molar-refractivity contribution in [3.05, 3.63) is 46.8 Å². The van der Waals surface area contributed by atoms with E-state index in [0.29, 0.717) is 23.4 Å². The van der Waals surface area contributed by atoms with Gasteiger partial charge in [0.1, 0.15) is 5.69 Å². The Morgan fingerprint density at radius 2 is 1.58 bits per heavy atom. The lowest BCUT2D eigenvalue weighted by atomic mass is 9.90. The molecule has 1 aliphatic carbocycles. The Hall–Kier alpha value is -2.42. The van der Waals surface area contributed by atoms with E-state index in [0.717, 1.165) is 45.2 Å². The van der Waals surface area contributed by atoms with Gasteiger partial charge in [-0.25, -0.2) is 4.68 Å². The smallest absolute Gasteiger partial charge is 0.216 e. The normalized spacial score (nSPS) is 21.3. The lowest BCUT2D eigenvalue weighted by Gasteiger charge is -2.42. The fourth-order valence-corrected chi connectivity index (χ4v) is 5.14. The zero-order valence-electron chi connectivity index (χ0n) is 18.2. The second-order valence-electron chi connectivity index (χ2n) is 8.98. The van der Waals surface area contributed by atoms with E-state index < -0.39 is 0 Å². The number of piperidine rings is 1. The van der Waals surface area contributed by atoms with Crippen LogP contribution in [-0.2, 0) is 6.54 Å². The second kappa shape index (κ2) is 8.61. The van der Waals surface area contributed by atoms with Gasteiger partial charge in [-0.05, 0) is 39.4 Å². The van der Waals surface area contributed by atoms with E-state index in [2.05, 4.69) is 32.1 Å². The van der Waals surface area contributed by atoms with E-state index >= 15 is 0 Å². The summed E-state index contributed by atoms with van der Waals surface area (Å²) in [6.07, 6.45) is 3.45. The van der Waals surface area contributed by atoms with Gasteiger partial charge in [0.05, 0.1) is 0 Å². The van der Waals surface area contributed by atoms with Gasteiger partial charge < -0.3 is 9.80 Å². The Morgan fingerprint density at radius 1 is 0.903 bits per heavy atom. The molecular formula is C23H30N6O2. The van der Waals surface area contributed by atoms with Gasteiger partial charge in [0.2, 0.25) is 11.6 Å². The third-order valence-electron chi connectivity index (χ3n) is 7.04. The first-order chi connectivity index (χ1) is 15.1. The largest absolute Gasteiger partial charge is 0.306 e. The summed E-state index contributed by atoms with van der Waals surface area (Å²) in [4.78, 5) is 33.2. The van der Waals surface area contributed by atoms with Crippen molar-refractivity contribution in [1.82, 2.24) is 29.7 Å². The average Bonchev–Trinajstić information content (AvgIpc) is 3.23. The minimum atomic E-state index is -0.207. The van der Waals surface area contributed by atoms with Crippen LogP contribution in [-0.4, -0.2) is 100 Å². The highest BCUT2D eigenvalue weighted by atomic mass is 16.1. The monoisotopic (exact) mass is 422 g/mol. The second-order valence-corrected chi connectivity index (χ2v) is 8.98. The Bertz CT molecular complexity index is 970. The third-order valence-corrected chi connectivity index (χ3v) is 7.04. The van der Waals surface area contributed by atoms with Crippen LogP contribution in [0, 0.1) is 0 Å². The molecule has 2 aromatic rings. The first-order valence-corrected chi connectivity index (χ1v) is 11.4. The van der Waals surface area contributed by atoms with E-state index in [1.807, 2.05) is 0 Å². The standard InChI is InChI=1S/C23H30N6O2/c1-26-11-7-17(8-12-26)28-15-13-27(14-16-28)9-4-10-29-21-20(24-25-29)22(30)18-5-2-3-6-19(18)23(21)31/h2-3,5-6,17H,4,7-16H2,1H3. The van der Waals surface area contributed by atoms with Crippen molar-refractivity contribution in [1.29, 1.82) is 0 Å². The number of rotatable bonds is 5. The number of carbonyl (C=O) groups excluding carboxylic acids is 2. The number of likely N-dealkylation sites (tertiary alicyclic amines) is 1. The highest BCUT2D eigenvalue weighted by molar-refractivity contribution is 6.26. The molecule has 2 saturated heterocycles. The molecular weight excluding hydrogens is 392 g/mol. The van der Waals surface area contributed by atoms with Gasteiger partial charge in [0.15, 0.2) is 5.69 Å². The summed E-state index contributed by atoms with van der Waals surface area (Å²) in [6, 6.07) is 7.69. The number of piperazine rings is 1. The number of aryl methyl sites for hydroxylation is 1. The minimum absolute atomic E-state index is 0.151. The molecule has 8 nitrogen and oxygen atoms in total. The SMILES string of the molecule is CN1CCC(N2CCN(CCCn3nnc4c3C(=O)c3ccccc3C4=O)CC2)CC1. The summed E-state index contributed by atoms with van der Waals surface area (Å²) in [5.74, 6) is -0.358. The van der Waals surface area contributed by atoms with Crippen LogP contribution in [0.3, 0.4) is 0 Å². The van der Waals surface area contributed by atoms with Crippen LogP contribution in [0.25, 0.3) is 0 Å². The summed E-state index contributed by atoms with van der Waals surface area (Å²) in [7, 11) is 2.21. The highest BCUT2D eigenvalue weighted by Gasteiger charge is 2.34. The number of hydrogen-bond donors (Lipinski definition) is 0. The molecule has 0 N–H and O–H groups in total. The summed E-state index contributed by atoms with van der Waals surface area (Å²) in [5.41, 5.74) is 1.41. The quantitative estimate of drug-likeness (QED) is 0.611. The third kappa shape index (κ3) is 3.95. The maximum Gasteiger partial charge on any atom is 0.216 e. The molecule has 3 heterocycles. The van der Waals surface area contributed by atoms with Gasteiger partial charge in [-0.15, -0.1) is 5.10 Å². The lowest BCUT2D eigenvalue weighted by molar-refractivity contribution is 0.0637. The topological polar surface area (TPSA) is 74.6 Å². The Labute approximate surface area is 182 Å². The van der Waals surface area contributed by atoms with Crippen LogP contribution in [0.5, 0.6) is 0 Å². The van der Waals surface area contributed by atoms with Gasteiger partial charge in [0, 0.05) is 56.4 Å². The maximum atomic E-state index is 12.9. The summed E-state index contributed by atoms with van der Waals surface area (Å²) in [5, 5.41) is 8.18. The molecule has 0 radical (unpaired) electrons. The average molecular weight is 423 g/mol. The molecule has 0 atom stereocenters. The maximum absolute atomic E-state index is 12.9. The summed E-state index contributed by atoms with van der Waals surface area (Å²) < 4.78 is 1.63. The van der Waals surface area contributed by atoms with Crippen molar-refractivity contribution < 1.29 is 9.59 Å². The Balaban J connectivity index is 1.15. The molecule has 31 heavy (non-hydrogen) atoms. The van der Waals surface area contributed by atoms with E-state index in [1.165, 1.54) is 25.9 Å². The first-order valence-electron chi connectivity index (χ1n) is 11.4. The summed E-state index contributed by atoms with van der Waals surface area (Å²) in [6.45, 7) is 8.43. The van der Waals surface area contributed by atoms with Crippen LogP contribution in [0.1, 0.15) is 51.4 Å². The van der Waals surface area contributed by atoms with Crippen LogP contribution in [0.15, 0.2) is 24.3 Å². The molecule has 5 rings (SSSR count). The van der Waals surface area contributed by atoms with E-state index in [9.17, 15) is 9.59 Å². The number of ketones is 2. The van der Waals surface area contributed by atoms with Crippen LogP contribution in [0.2, 0.25) is 0 Å². The number of nitrogens with zero attached hydrogens (tertiary/aromatic N) is 6. The zero-order valence-corrected chi connectivity index (χ0v) is 18.2. The zero-order chi connectivity index (χ0) is 21.4. The Kier molecular flexibility index (Phi) is 5.69. The van der Waals surface area contributed by atoms with E-state index in [1.54, 1.807) is 28.9 Å². The Morgan fingerprint density at radius 3 is 2.29 bits per heavy atom. The minimum Gasteiger partial charge on any atom is -0.306 e. The van der Waals surface area contributed by atoms with Crippen molar-refractivity contribution in [2.45, 2.75) is 31.8 Å². The molecule has 1 aromatic heterocycles. The van der Waals surface area contributed by atoms with Gasteiger partial charge in [-0.1, -0.05) is 29.5 Å². The number of benzene rings is 1. The predicted octanol–water partition coefficient (Wildman–Crippen LogP) is 1.16. The molecule has 0 saturated carbocycles. The van der Waals surface area contributed by atoms with Crippen molar-refractivity contribution in [2.75, 3.05) is 52.9 Å². The molecule has 164 valence electrons. The first kappa shape index (κ1) is 20.5. The van der Waals surface area contributed by atoms with Crippen molar-refractivity contribution in [2.24, 2.45) is 0 Å². The molecule has 0 amide bonds. The number of carbonyl (C=O) groups is 2. The van der Waals surface area contributed by atoms with Gasteiger partial charge in [-0.2, -0.15) is 0 Å². The van der Waals surface area contributed by atoms with Crippen molar-refractivity contribution in [3.63, 3.8) is 0 Å². The van der Waals surface area contributed by atoms with Crippen molar-refractivity contribution >= 4 is 11.6 Å². The van der Waals surface area contributed by atoms with Crippen molar-refractivity contribution in [3.8, 4) is 0 Å². The van der Waals surface area contributed by atoms with E-state index in [-0.39, 0.29) is 17.3 Å². The molecule has 1 aromatic carbocycles. The molecule has 0 unspecified atom stereocenters. The fourth-order valence-electron chi connectivity index (χ4n) is 5.14. The van der Waals surface area contributed by atoms with Gasteiger partial charge in [0.25, 0.3) is 0 Å². The lowest BCUT2D eigenvalue weighted by Crippen LogP contribution is -2.53. The van der Waals surface area contributed by atoms with Gasteiger partial charge in [-0.3, -0.25) is 14.5 Å².